The third kappa shape index (κ3) is 3.20. The van der Waals surface area contributed by atoms with Gasteiger partial charge in [-0.25, -0.2) is 9.97 Å². The van der Waals surface area contributed by atoms with Crippen molar-refractivity contribution in [2.45, 2.75) is 19.8 Å². The number of aromatic nitrogens is 2. The van der Waals surface area contributed by atoms with Gasteiger partial charge >= 0.3 is 0 Å². The molecule has 1 fully saturated rings. The molecule has 4 nitrogen and oxygen atoms in total. The molecule has 2 aromatic heterocycles. The van der Waals surface area contributed by atoms with Gasteiger partial charge in [-0.2, -0.15) is 0 Å². The summed E-state index contributed by atoms with van der Waals surface area (Å²) in [5.41, 5.74) is 1.75. The molecule has 0 spiro atoms. The smallest absolute Gasteiger partial charge is 0.143 e. The van der Waals surface area contributed by atoms with Gasteiger partial charge in [0, 0.05) is 29.9 Å². The Kier molecular flexibility index (Phi) is 4.55. The lowest BCUT2D eigenvalue weighted by Crippen LogP contribution is -2.18. The fourth-order valence-electron chi connectivity index (χ4n) is 2.49. The number of pyridine rings is 1. The predicted octanol–water partition coefficient (Wildman–Crippen LogP) is 4.74. The zero-order chi connectivity index (χ0) is 15.5. The van der Waals surface area contributed by atoms with Gasteiger partial charge in [0.25, 0.3) is 0 Å². The summed E-state index contributed by atoms with van der Waals surface area (Å²) < 4.78 is 0. The van der Waals surface area contributed by atoms with Crippen LogP contribution in [0.15, 0.2) is 28.4 Å². The molecule has 0 bridgehead atoms. The molecule has 3 rings (SSSR count). The van der Waals surface area contributed by atoms with Crippen molar-refractivity contribution < 1.29 is 0 Å². The highest BCUT2D eigenvalue weighted by Crippen LogP contribution is 2.35. The first-order valence-corrected chi connectivity index (χ1v) is 8.39. The van der Waals surface area contributed by atoms with Crippen LogP contribution in [-0.4, -0.2) is 29.8 Å². The van der Waals surface area contributed by atoms with Gasteiger partial charge in [0.2, 0.25) is 0 Å². The second-order valence-electron chi connectivity index (χ2n) is 5.20. The van der Waals surface area contributed by atoms with Crippen LogP contribution in [0.1, 0.15) is 25.5 Å². The monoisotopic (exact) mass is 332 g/mol. The van der Waals surface area contributed by atoms with Crippen LogP contribution in [0, 0.1) is 0 Å². The predicted molar refractivity (Wildman–Crippen MR) is 95.5 cm³/mol. The largest absolute Gasteiger partial charge is 0.357 e. The molecule has 0 atom stereocenters. The highest BCUT2D eigenvalue weighted by molar-refractivity contribution is 7.19. The standard InChI is InChI=1S/C16H17ClN4S/c1-11(17)9-13-16(18-2)22-15(20-13)12-5-6-14(19-10-12)21-7-3-4-8-21/h5-6,9-10H,2-4,7-8H2,1H3/b11-9+. The van der Waals surface area contributed by atoms with Crippen molar-refractivity contribution in [2.75, 3.05) is 18.0 Å². The lowest BCUT2D eigenvalue weighted by molar-refractivity contribution is 0.938. The lowest BCUT2D eigenvalue weighted by Gasteiger charge is -2.15. The molecule has 0 N–H and O–H groups in total. The quantitative estimate of drug-likeness (QED) is 0.759. The fraction of sp³-hybridized carbons (Fsp3) is 0.312. The van der Waals surface area contributed by atoms with E-state index < -0.39 is 0 Å². The molecule has 22 heavy (non-hydrogen) atoms. The summed E-state index contributed by atoms with van der Waals surface area (Å²) in [4.78, 5) is 15.5. The van der Waals surface area contributed by atoms with Gasteiger partial charge in [0.1, 0.15) is 21.5 Å². The van der Waals surface area contributed by atoms with E-state index in [9.17, 15) is 0 Å². The maximum atomic E-state index is 5.94. The van der Waals surface area contributed by atoms with Crippen molar-refractivity contribution in [3.05, 3.63) is 29.1 Å². The van der Waals surface area contributed by atoms with Gasteiger partial charge < -0.3 is 4.90 Å². The highest BCUT2D eigenvalue weighted by Gasteiger charge is 2.15. The fourth-order valence-corrected chi connectivity index (χ4v) is 3.43. The number of thiazole rings is 1. The maximum absolute atomic E-state index is 5.94. The van der Waals surface area contributed by atoms with Crippen molar-refractivity contribution >= 4 is 46.6 Å². The first-order valence-electron chi connectivity index (χ1n) is 7.20. The Balaban J connectivity index is 1.89. The van der Waals surface area contributed by atoms with E-state index in [-0.39, 0.29) is 0 Å². The van der Waals surface area contributed by atoms with E-state index in [0.717, 1.165) is 40.2 Å². The molecule has 0 amide bonds. The van der Waals surface area contributed by atoms with Gasteiger partial charge in [-0.3, -0.25) is 4.99 Å². The van der Waals surface area contributed by atoms with Crippen LogP contribution in [0.4, 0.5) is 10.8 Å². The average Bonchev–Trinajstić information content (AvgIpc) is 3.16. The van der Waals surface area contributed by atoms with Crippen molar-refractivity contribution in [1.29, 1.82) is 0 Å². The molecule has 0 aromatic carbocycles. The van der Waals surface area contributed by atoms with Gasteiger partial charge in [-0.05, 0) is 44.7 Å². The van der Waals surface area contributed by atoms with E-state index in [1.54, 1.807) is 6.08 Å². The van der Waals surface area contributed by atoms with Crippen molar-refractivity contribution in [3.63, 3.8) is 0 Å². The van der Waals surface area contributed by atoms with Crippen LogP contribution in [0.5, 0.6) is 0 Å². The summed E-state index contributed by atoms with van der Waals surface area (Å²) in [7, 11) is 0. The molecule has 0 radical (unpaired) electrons. The molecule has 3 heterocycles. The Morgan fingerprint density at radius 3 is 2.77 bits per heavy atom. The molecule has 0 unspecified atom stereocenters. The number of aliphatic imine (C=N–C) groups is 1. The van der Waals surface area contributed by atoms with Gasteiger partial charge in [-0.1, -0.05) is 22.9 Å². The minimum atomic E-state index is 0.671. The molecule has 114 valence electrons. The van der Waals surface area contributed by atoms with Crippen LogP contribution in [-0.2, 0) is 0 Å². The maximum Gasteiger partial charge on any atom is 0.143 e. The number of anilines is 1. The summed E-state index contributed by atoms with van der Waals surface area (Å²) in [6, 6.07) is 4.12. The minimum absolute atomic E-state index is 0.671. The third-order valence-electron chi connectivity index (χ3n) is 3.54. The third-order valence-corrected chi connectivity index (χ3v) is 4.70. The molecule has 0 saturated carbocycles. The minimum Gasteiger partial charge on any atom is -0.357 e. The number of nitrogens with zero attached hydrogens (tertiary/aromatic N) is 4. The number of halogens is 1. The second-order valence-corrected chi connectivity index (χ2v) is 6.77. The Morgan fingerprint density at radius 1 is 1.41 bits per heavy atom. The summed E-state index contributed by atoms with van der Waals surface area (Å²) in [5.74, 6) is 1.04. The normalized spacial score (nSPS) is 15.4. The summed E-state index contributed by atoms with van der Waals surface area (Å²) >= 11 is 7.43. The summed E-state index contributed by atoms with van der Waals surface area (Å²) in [6.45, 7) is 7.61. The van der Waals surface area contributed by atoms with Crippen LogP contribution in [0.2, 0.25) is 0 Å². The van der Waals surface area contributed by atoms with Gasteiger partial charge in [0.05, 0.1) is 0 Å². The first kappa shape index (κ1) is 15.2. The van der Waals surface area contributed by atoms with Crippen molar-refractivity contribution in [2.24, 2.45) is 4.99 Å². The Hall–Kier alpha value is -1.72. The number of rotatable bonds is 4. The van der Waals surface area contributed by atoms with Gasteiger partial charge in [-0.15, -0.1) is 0 Å². The molecule has 2 aromatic rings. The van der Waals surface area contributed by atoms with E-state index in [1.165, 1.54) is 24.2 Å². The molecule has 0 aliphatic carbocycles. The Bertz CT molecular complexity index is 695. The first-order chi connectivity index (χ1) is 10.7. The van der Waals surface area contributed by atoms with E-state index in [0.29, 0.717) is 5.03 Å². The van der Waals surface area contributed by atoms with E-state index in [2.05, 4.69) is 38.7 Å². The van der Waals surface area contributed by atoms with E-state index in [1.807, 2.05) is 13.1 Å². The Labute approximate surface area is 139 Å². The SMILES string of the molecule is C=Nc1sc(-c2ccc(N3CCCC3)nc2)nc1/C=C(\C)Cl. The van der Waals surface area contributed by atoms with Gasteiger partial charge in [0.15, 0.2) is 0 Å². The van der Waals surface area contributed by atoms with Crippen molar-refractivity contribution in [3.8, 4) is 10.6 Å². The van der Waals surface area contributed by atoms with Crippen LogP contribution in [0.25, 0.3) is 16.6 Å². The summed E-state index contributed by atoms with van der Waals surface area (Å²) in [5, 5.41) is 2.33. The molecule has 1 saturated heterocycles. The highest BCUT2D eigenvalue weighted by atomic mass is 35.5. The van der Waals surface area contributed by atoms with Crippen LogP contribution < -0.4 is 4.90 Å². The number of hydrogen-bond acceptors (Lipinski definition) is 5. The molecular weight excluding hydrogens is 316 g/mol. The van der Waals surface area contributed by atoms with Crippen molar-refractivity contribution in [1.82, 2.24) is 9.97 Å². The molecule has 6 heteroatoms. The van der Waals surface area contributed by atoms with E-state index >= 15 is 0 Å². The van der Waals surface area contributed by atoms with Crippen LogP contribution >= 0.6 is 22.9 Å². The average molecular weight is 333 g/mol. The zero-order valence-corrected chi connectivity index (χ0v) is 14.0. The second kappa shape index (κ2) is 6.58. The molecular formula is C16H17ClN4S. The number of hydrogen-bond donors (Lipinski definition) is 0. The van der Waals surface area contributed by atoms with E-state index in [4.69, 9.17) is 11.6 Å². The zero-order valence-electron chi connectivity index (χ0n) is 12.4. The molecule has 1 aliphatic rings. The topological polar surface area (TPSA) is 41.4 Å². The summed E-state index contributed by atoms with van der Waals surface area (Å²) in [6.07, 6.45) is 6.17. The lowest BCUT2D eigenvalue weighted by atomic mass is 10.3. The number of allylic oxidation sites excluding steroid dienone is 1. The molecule has 1 aliphatic heterocycles. The van der Waals surface area contributed by atoms with Crippen LogP contribution in [0.3, 0.4) is 0 Å². The Morgan fingerprint density at radius 2 is 2.18 bits per heavy atom.